The van der Waals surface area contributed by atoms with Gasteiger partial charge in [-0.1, -0.05) is 254 Å². The van der Waals surface area contributed by atoms with Crippen molar-refractivity contribution in [1.29, 1.82) is 0 Å². The first-order valence-corrected chi connectivity index (χ1v) is 32.8. The Bertz CT molecular complexity index is 1980. The van der Waals surface area contributed by atoms with E-state index in [1.807, 2.05) is 0 Å². The molecule has 0 bridgehead atoms. The topological polar surface area (TPSA) is 134 Å². The third kappa shape index (κ3) is 64.1. The third-order valence-corrected chi connectivity index (χ3v) is 13.3. The van der Waals surface area contributed by atoms with Gasteiger partial charge in [-0.3, -0.25) is 18.6 Å². The average molecular weight is 1140 g/mol. The third-order valence-electron chi connectivity index (χ3n) is 12.3. The summed E-state index contributed by atoms with van der Waals surface area (Å²) in [5.41, 5.74) is 5.38. The molecule has 0 aliphatic rings. The molecule has 0 aromatic heterocycles. The molecular formula is C71H112NO8P. The molecule has 0 aromatic carbocycles. The number of allylic oxidation sites excluding steroid dienone is 30. The number of esters is 2. The zero-order chi connectivity index (χ0) is 58.7. The minimum Gasteiger partial charge on any atom is -0.462 e. The van der Waals surface area contributed by atoms with Crippen LogP contribution in [0.5, 0.6) is 0 Å². The summed E-state index contributed by atoms with van der Waals surface area (Å²) < 4.78 is 33.0. The van der Waals surface area contributed by atoms with Gasteiger partial charge in [0, 0.05) is 19.4 Å². The van der Waals surface area contributed by atoms with Gasteiger partial charge in [0.15, 0.2) is 6.10 Å². The summed E-state index contributed by atoms with van der Waals surface area (Å²) in [7, 11) is -4.41. The molecule has 0 aromatic rings. The van der Waals surface area contributed by atoms with Crippen molar-refractivity contribution in [3.63, 3.8) is 0 Å². The van der Waals surface area contributed by atoms with Crippen molar-refractivity contribution in [2.45, 2.75) is 225 Å². The maximum Gasteiger partial charge on any atom is 0.472 e. The lowest BCUT2D eigenvalue weighted by atomic mass is 10.0. The van der Waals surface area contributed by atoms with Gasteiger partial charge < -0.3 is 20.1 Å². The van der Waals surface area contributed by atoms with E-state index in [-0.39, 0.29) is 32.6 Å². The fourth-order valence-corrected chi connectivity index (χ4v) is 8.51. The molecular weight excluding hydrogens is 1030 g/mol. The van der Waals surface area contributed by atoms with Gasteiger partial charge >= 0.3 is 19.8 Å². The Morgan fingerprint density at radius 2 is 0.642 bits per heavy atom. The van der Waals surface area contributed by atoms with E-state index in [4.69, 9.17) is 24.3 Å². The maximum absolute atomic E-state index is 12.7. The van der Waals surface area contributed by atoms with Crippen LogP contribution in [0.15, 0.2) is 182 Å². The van der Waals surface area contributed by atoms with Crippen LogP contribution >= 0.6 is 7.82 Å². The first-order valence-electron chi connectivity index (χ1n) is 31.3. The molecule has 0 aliphatic carbocycles. The average Bonchev–Trinajstić information content (AvgIpc) is 3.46. The van der Waals surface area contributed by atoms with Gasteiger partial charge in [-0.2, -0.15) is 0 Å². The van der Waals surface area contributed by atoms with E-state index in [0.717, 1.165) is 141 Å². The van der Waals surface area contributed by atoms with Crippen LogP contribution in [0.1, 0.15) is 219 Å². The number of rotatable bonds is 56. The van der Waals surface area contributed by atoms with Crippen LogP contribution in [0.2, 0.25) is 0 Å². The van der Waals surface area contributed by atoms with Crippen LogP contribution in [0.3, 0.4) is 0 Å². The molecule has 0 saturated heterocycles. The molecule has 2 atom stereocenters. The molecule has 10 heteroatoms. The minimum atomic E-state index is -4.41. The zero-order valence-electron chi connectivity index (χ0n) is 50.7. The molecule has 0 fully saturated rings. The van der Waals surface area contributed by atoms with Crippen molar-refractivity contribution in [3.05, 3.63) is 182 Å². The summed E-state index contributed by atoms with van der Waals surface area (Å²) in [5, 5.41) is 0. The monoisotopic (exact) mass is 1140 g/mol. The zero-order valence-corrected chi connectivity index (χ0v) is 51.6. The second-order valence-electron chi connectivity index (χ2n) is 19.8. The highest BCUT2D eigenvalue weighted by atomic mass is 31.2. The number of ether oxygens (including phenoxy) is 2. The molecule has 2 unspecified atom stereocenters. The number of carbonyl (C=O) groups is 2. The van der Waals surface area contributed by atoms with Crippen LogP contribution in [0, 0.1) is 0 Å². The second kappa shape index (κ2) is 64.3. The summed E-state index contributed by atoms with van der Waals surface area (Å²) in [6, 6.07) is 0. The molecule has 454 valence electrons. The van der Waals surface area contributed by atoms with Crippen molar-refractivity contribution >= 4 is 19.8 Å². The lowest BCUT2D eigenvalue weighted by Gasteiger charge is -2.19. The first-order chi connectivity index (χ1) is 39.8. The molecule has 3 N–H and O–H groups in total. The highest BCUT2D eigenvalue weighted by Gasteiger charge is 2.26. The van der Waals surface area contributed by atoms with Gasteiger partial charge in [0.1, 0.15) is 6.61 Å². The van der Waals surface area contributed by atoms with E-state index in [2.05, 4.69) is 196 Å². The lowest BCUT2D eigenvalue weighted by molar-refractivity contribution is -0.161. The van der Waals surface area contributed by atoms with Gasteiger partial charge in [0.2, 0.25) is 0 Å². The van der Waals surface area contributed by atoms with Crippen molar-refractivity contribution in [2.24, 2.45) is 5.73 Å². The number of hydrogen-bond donors (Lipinski definition) is 2. The first kappa shape index (κ1) is 76.1. The number of hydrogen-bond acceptors (Lipinski definition) is 8. The van der Waals surface area contributed by atoms with E-state index >= 15 is 0 Å². The summed E-state index contributed by atoms with van der Waals surface area (Å²) in [6.45, 7) is 3.44. The van der Waals surface area contributed by atoms with Crippen LogP contribution in [0.4, 0.5) is 0 Å². The largest absolute Gasteiger partial charge is 0.472 e. The highest BCUT2D eigenvalue weighted by molar-refractivity contribution is 7.47. The predicted octanol–water partition coefficient (Wildman–Crippen LogP) is 20.4. The van der Waals surface area contributed by atoms with Gasteiger partial charge in [-0.15, -0.1) is 0 Å². The van der Waals surface area contributed by atoms with Gasteiger partial charge in [-0.25, -0.2) is 4.57 Å². The van der Waals surface area contributed by atoms with Gasteiger partial charge in [-0.05, 0) is 135 Å². The van der Waals surface area contributed by atoms with Crippen molar-refractivity contribution in [2.75, 3.05) is 26.4 Å². The Morgan fingerprint density at radius 1 is 0.370 bits per heavy atom. The van der Waals surface area contributed by atoms with Crippen molar-refractivity contribution < 1.29 is 37.6 Å². The molecule has 0 heterocycles. The highest BCUT2D eigenvalue weighted by Crippen LogP contribution is 2.43. The molecule has 0 spiro atoms. The van der Waals surface area contributed by atoms with E-state index in [0.29, 0.717) is 12.8 Å². The summed E-state index contributed by atoms with van der Waals surface area (Å²) in [5.74, 6) is -0.884. The van der Waals surface area contributed by atoms with E-state index in [1.54, 1.807) is 0 Å². The molecule has 81 heavy (non-hydrogen) atoms. The Hall–Kier alpha value is -4.89. The summed E-state index contributed by atoms with van der Waals surface area (Å²) >= 11 is 0. The fourth-order valence-electron chi connectivity index (χ4n) is 7.75. The smallest absolute Gasteiger partial charge is 0.462 e. The fraction of sp³-hybridized carbons (Fsp3) is 0.549. The van der Waals surface area contributed by atoms with Crippen LogP contribution in [0.25, 0.3) is 0 Å². The molecule has 9 nitrogen and oxygen atoms in total. The van der Waals surface area contributed by atoms with E-state index < -0.39 is 32.5 Å². The molecule has 0 amide bonds. The Morgan fingerprint density at radius 3 is 0.963 bits per heavy atom. The maximum atomic E-state index is 12.7. The molecule has 0 aliphatic heterocycles. The lowest BCUT2D eigenvalue weighted by Crippen LogP contribution is -2.29. The van der Waals surface area contributed by atoms with E-state index in [1.165, 1.54) is 38.5 Å². The number of carbonyl (C=O) groups excluding carboxylic acids is 2. The molecule has 0 rings (SSSR count). The van der Waals surface area contributed by atoms with Gasteiger partial charge in [0.25, 0.3) is 0 Å². The van der Waals surface area contributed by atoms with Gasteiger partial charge in [0.05, 0.1) is 13.2 Å². The molecule has 0 saturated carbocycles. The van der Waals surface area contributed by atoms with Crippen LogP contribution in [-0.4, -0.2) is 49.3 Å². The SMILES string of the molecule is CC/C=C\C/C=C\C/C=C\C/C=C\C/C=C\C/C=C\C/C=C\C/C=C\C/C=C\C/C=C\CCCCCCCCCCCCC(=O)OC(COC(=O)CCCCC/C=C\C/C=C\C/C=C\C/C=C\C/C=C\CC)COP(=O)(O)OCCN. The number of nitrogens with two attached hydrogens (primary N) is 1. The van der Waals surface area contributed by atoms with E-state index in [9.17, 15) is 19.0 Å². The van der Waals surface area contributed by atoms with Crippen LogP contribution in [-0.2, 0) is 32.7 Å². The predicted molar refractivity (Wildman–Crippen MR) is 348 cm³/mol. The normalized spacial score (nSPS) is 14.3. The van der Waals surface area contributed by atoms with Crippen LogP contribution < -0.4 is 5.73 Å². The Kier molecular flexibility index (Phi) is 60.4. The Labute approximate surface area is 494 Å². The Balaban J connectivity index is 4.02. The number of phosphoric ester groups is 1. The quantitative estimate of drug-likeness (QED) is 0.0264. The van der Waals surface area contributed by atoms with Crippen molar-refractivity contribution in [1.82, 2.24) is 0 Å². The summed E-state index contributed by atoms with van der Waals surface area (Å²) in [6.07, 6.45) is 96.7. The number of phosphoric acid groups is 1. The van der Waals surface area contributed by atoms with Crippen molar-refractivity contribution in [3.8, 4) is 0 Å². The molecule has 0 radical (unpaired) electrons. The standard InChI is InChI=1S/C71H112NO8P/c1-3-5-7-9-11-13-15-17-19-21-23-24-25-26-27-28-29-30-31-32-33-34-35-36-37-38-39-40-41-42-43-44-46-48-50-52-54-56-58-60-62-64-71(74)80-69(68-79-81(75,76)78-66-65-72)67-77-70(73)63-61-59-57-55-53-51-49-47-45-22-20-18-16-14-12-10-8-6-4-2/h5-8,11-14,17-20,23-24,26-27,29-30,32-33,35-36,38-39,41-42,45,47,51,53,69H,3-4,9-10,15-16,21-22,25,28,31,34,37,40,43-44,46,48-50,52,54-68,72H2,1-2H3,(H,75,76)/b7-5-,8-6-,13-11-,14-12-,19-17-,20-18-,24-23-,27-26-,30-29-,33-32-,36-35-,39-38-,42-41-,47-45-,53-51-. The minimum absolute atomic E-state index is 0.0384. The summed E-state index contributed by atoms with van der Waals surface area (Å²) in [4.78, 5) is 35.2. The number of unbranched alkanes of at least 4 members (excludes halogenated alkanes) is 13. The second-order valence-corrected chi connectivity index (χ2v) is 21.3.